The van der Waals surface area contributed by atoms with Gasteiger partial charge >= 0.3 is 0 Å². The zero-order chi connectivity index (χ0) is 16.2. The second-order valence-electron chi connectivity index (χ2n) is 5.19. The first-order valence-electron chi connectivity index (χ1n) is 6.93. The van der Waals surface area contributed by atoms with Crippen LogP contribution in [0.4, 0.5) is 0 Å². The fourth-order valence-electron chi connectivity index (χ4n) is 2.22. The number of hydrogen-bond donors (Lipinski definition) is 1. The normalized spacial score (nSPS) is 19.8. The van der Waals surface area contributed by atoms with Crippen LogP contribution in [0.1, 0.15) is 19.3 Å². The molecule has 22 heavy (non-hydrogen) atoms. The van der Waals surface area contributed by atoms with E-state index in [-0.39, 0.29) is 29.9 Å². The monoisotopic (exact) mass is 365 g/mol. The molecule has 1 aliphatic rings. The van der Waals surface area contributed by atoms with Crippen LogP contribution in [0.3, 0.4) is 0 Å². The Labute approximate surface area is 139 Å². The number of benzene rings is 1. The van der Waals surface area contributed by atoms with Crippen molar-refractivity contribution in [3.05, 3.63) is 28.2 Å². The number of amides is 1. The first-order chi connectivity index (χ1) is 10.4. The molecule has 0 aromatic heterocycles. The highest BCUT2D eigenvalue weighted by Crippen LogP contribution is 2.27. The minimum absolute atomic E-state index is 0.0373. The summed E-state index contributed by atoms with van der Waals surface area (Å²) in [6, 6.07) is 4.68. The molecule has 1 amide bonds. The third-order valence-electron chi connectivity index (χ3n) is 3.30. The third kappa shape index (κ3) is 5.34. The standard InChI is InChI=1S/C14H17Cl2NO4S/c15-10-3-4-13(12(16)8-10)21-6-1-2-14(18)17-11-5-7-22(19,20)9-11/h3-4,8,11H,1-2,5-7,9H2,(H,17,18)/t11-/m1/s1. The van der Waals surface area contributed by atoms with Crippen molar-refractivity contribution in [3.8, 4) is 5.75 Å². The van der Waals surface area contributed by atoms with Gasteiger partial charge in [0.15, 0.2) is 9.84 Å². The smallest absolute Gasteiger partial charge is 0.220 e. The third-order valence-corrected chi connectivity index (χ3v) is 5.60. The molecule has 0 bridgehead atoms. The maximum absolute atomic E-state index is 11.7. The molecule has 122 valence electrons. The average Bonchev–Trinajstić information content (AvgIpc) is 2.76. The molecule has 0 spiro atoms. The molecule has 8 heteroatoms. The van der Waals surface area contributed by atoms with Crippen molar-refractivity contribution >= 4 is 38.9 Å². The molecule has 1 heterocycles. The van der Waals surface area contributed by atoms with Gasteiger partial charge in [-0.3, -0.25) is 4.79 Å². The lowest BCUT2D eigenvalue weighted by Gasteiger charge is -2.11. The minimum atomic E-state index is -2.98. The molecule has 1 N–H and O–H groups in total. The molecular formula is C14H17Cl2NO4S. The van der Waals surface area contributed by atoms with Gasteiger partial charge in [-0.2, -0.15) is 0 Å². The first-order valence-corrected chi connectivity index (χ1v) is 9.51. The molecule has 1 fully saturated rings. The Morgan fingerprint density at radius 3 is 2.77 bits per heavy atom. The lowest BCUT2D eigenvalue weighted by Crippen LogP contribution is -2.35. The van der Waals surface area contributed by atoms with Crippen LogP contribution in [0.25, 0.3) is 0 Å². The predicted octanol–water partition coefficient (Wildman–Crippen LogP) is 2.46. The number of halogens is 2. The van der Waals surface area contributed by atoms with E-state index >= 15 is 0 Å². The maximum Gasteiger partial charge on any atom is 0.220 e. The number of carbonyl (C=O) groups excluding carboxylic acids is 1. The quantitative estimate of drug-likeness (QED) is 0.785. The number of rotatable bonds is 6. The summed E-state index contributed by atoms with van der Waals surface area (Å²) < 4.78 is 28.1. The summed E-state index contributed by atoms with van der Waals surface area (Å²) in [5.74, 6) is 0.549. The molecule has 2 rings (SSSR count). The number of hydrogen-bond acceptors (Lipinski definition) is 4. The molecule has 1 aromatic carbocycles. The Morgan fingerprint density at radius 1 is 1.36 bits per heavy atom. The second kappa shape index (κ2) is 7.53. The first kappa shape index (κ1) is 17.4. The van der Waals surface area contributed by atoms with Crippen LogP contribution >= 0.6 is 23.2 Å². The zero-order valence-corrected chi connectivity index (χ0v) is 14.2. The second-order valence-corrected chi connectivity index (χ2v) is 8.27. The van der Waals surface area contributed by atoms with Gasteiger partial charge in [0.25, 0.3) is 0 Å². The van der Waals surface area contributed by atoms with E-state index in [1.165, 1.54) is 0 Å². The predicted molar refractivity (Wildman–Crippen MR) is 86.4 cm³/mol. The molecule has 1 atom stereocenters. The molecule has 5 nitrogen and oxygen atoms in total. The van der Waals surface area contributed by atoms with E-state index in [1.54, 1.807) is 18.2 Å². The summed E-state index contributed by atoms with van der Waals surface area (Å²) in [7, 11) is -2.98. The van der Waals surface area contributed by atoms with E-state index in [9.17, 15) is 13.2 Å². The van der Waals surface area contributed by atoms with E-state index in [0.717, 1.165) is 0 Å². The van der Waals surface area contributed by atoms with Crippen molar-refractivity contribution in [2.24, 2.45) is 0 Å². The SMILES string of the molecule is O=C(CCCOc1ccc(Cl)cc1Cl)N[C@@H]1CCS(=O)(=O)C1. The summed E-state index contributed by atoms with van der Waals surface area (Å²) in [6.45, 7) is 0.345. The van der Waals surface area contributed by atoms with Crippen molar-refractivity contribution in [2.45, 2.75) is 25.3 Å². The molecule has 0 radical (unpaired) electrons. The van der Waals surface area contributed by atoms with Crippen molar-refractivity contribution in [2.75, 3.05) is 18.1 Å². The van der Waals surface area contributed by atoms with Gasteiger partial charge < -0.3 is 10.1 Å². The molecule has 0 saturated carbocycles. The van der Waals surface area contributed by atoms with Crippen LogP contribution in [0.2, 0.25) is 10.0 Å². The van der Waals surface area contributed by atoms with Crippen LogP contribution in [-0.2, 0) is 14.6 Å². The highest BCUT2D eigenvalue weighted by Gasteiger charge is 2.28. The molecule has 1 aromatic rings. The van der Waals surface area contributed by atoms with Crippen molar-refractivity contribution < 1.29 is 17.9 Å². The zero-order valence-electron chi connectivity index (χ0n) is 11.8. The molecular weight excluding hydrogens is 349 g/mol. The molecule has 0 unspecified atom stereocenters. The lowest BCUT2D eigenvalue weighted by atomic mass is 10.2. The highest BCUT2D eigenvalue weighted by molar-refractivity contribution is 7.91. The molecule has 1 saturated heterocycles. The molecule has 0 aliphatic carbocycles. The number of carbonyl (C=O) groups is 1. The lowest BCUT2D eigenvalue weighted by molar-refractivity contribution is -0.121. The Balaban J connectivity index is 1.67. The van der Waals surface area contributed by atoms with Gasteiger partial charge in [-0.1, -0.05) is 23.2 Å². The van der Waals surface area contributed by atoms with Crippen LogP contribution < -0.4 is 10.1 Å². The Bertz CT molecular complexity index is 648. The van der Waals surface area contributed by atoms with E-state index in [1.807, 2.05) is 0 Å². The van der Waals surface area contributed by atoms with E-state index in [2.05, 4.69) is 5.32 Å². The highest BCUT2D eigenvalue weighted by atomic mass is 35.5. The van der Waals surface area contributed by atoms with Gasteiger partial charge in [0, 0.05) is 17.5 Å². The Kier molecular flexibility index (Phi) is 5.94. The van der Waals surface area contributed by atoms with E-state index in [0.29, 0.717) is 35.2 Å². The number of sulfone groups is 1. The fraction of sp³-hybridized carbons (Fsp3) is 0.500. The van der Waals surface area contributed by atoms with Crippen LogP contribution in [0.5, 0.6) is 5.75 Å². The van der Waals surface area contributed by atoms with Gasteiger partial charge in [0.05, 0.1) is 23.1 Å². The topological polar surface area (TPSA) is 72.5 Å². The summed E-state index contributed by atoms with van der Waals surface area (Å²) in [4.78, 5) is 11.7. The van der Waals surface area contributed by atoms with E-state index in [4.69, 9.17) is 27.9 Å². The summed E-state index contributed by atoms with van der Waals surface area (Å²) in [5, 5.41) is 3.69. The fourth-order valence-corrected chi connectivity index (χ4v) is 4.35. The summed E-state index contributed by atoms with van der Waals surface area (Å²) in [5.41, 5.74) is 0. The van der Waals surface area contributed by atoms with Gasteiger partial charge in [-0.05, 0) is 31.0 Å². The molecule has 1 aliphatic heterocycles. The number of nitrogens with one attached hydrogen (secondary N) is 1. The van der Waals surface area contributed by atoms with Gasteiger partial charge in [0.2, 0.25) is 5.91 Å². The van der Waals surface area contributed by atoms with Crippen molar-refractivity contribution in [3.63, 3.8) is 0 Å². The van der Waals surface area contributed by atoms with Crippen LogP contribution in [-0.4, -0.2) is 38.5 Å². The van der Waals surface area contributed by atoms with Crippen LogP contribution in [0.15, 0.2) is 18.2 Å². The van der Waals surface area contributed by atoms with Gasteiger partial charge in [0.1, 0.15) is 5.75 Å². The Hall–Kier alpha value is -0.980. The summed E-state index contributed by atoms with van der Waals surface area (Å²) >= 11 is 11.8. The summed E-state index contributed by atoms with van der Waals surface area (Å²) in [6.07, 6.45) is 1.29. The van der Waals surface area contributed by atoms with Crippen molar-refractivity contribution in [1.82, 2.24) is 5.32 Å². The van der Waals surface area contributed by atoms with Gasteiger partial charge in [-0.15, -0.1) is 0 Å². The van der Waals surface area contributed by atoms with Crippen LogP contribution in [0, 0.1) is 0 Å². The largest absolute Gasteiger partial charge is 0.492 e. The average molecular weight is 366 g/mol. The maximum atomic E-state index is 11.7. The minimum Gasteiger partial charge on any atom is -0.492 e. The van der Waals surface area contributed by atoms with E-state index < -0.39 is 9.84 Å². The number of ether oxygens (including phenoxy) is 1. The van der Waals surface area contributed by atoms with Crippen molar-refractivity contribution in [1.29, 1.82) is 0 Å². The van der Waals surface area contributed by atoms with Gasteiger partial charge in [-0.25, -0.2) is 8.42 Å². The Morgan fingerprint density at radius 2 is 2.14 bits per heavy atom.